The molecule has 1 aliphatic rings. The molecule has 1 aliphatic heterocycles. The van der Waals surface area contributed by atoms with Crippen molar-refractivity contribution in [1.82, 2.24) is 0 Å². The molecule has 0 saturated carbocycles. The Morgan fingerprint density at radius 2 is 1.80 bits per heavy atom. The van der Waals surface area contributed by atoms with Gasteiger partial charge in [0.15, 0.2) is 12.5 Å². The molecule has 5 atom stereocenters. The maximum atomic E-state index is 13.5. The van der Waals surface area contributed by atoms with Gasteiger partial charge in [-0.1, -0.05) is 0 Å². The topological polar surface area (TPSA) is 57.2 Å². The minimum Gasteiger partial charge on any atom is -0.382 e. The third-order valence-corrected chi connectivity index (χ3v) is 2.47. The Balaban J connectivity index is 2.73. The normalized spacial score (nSPS) is 41.8. The smallest absolute Gasteiger partial charge is 0.189 e. The van der Waals surface area contributed by atoms with Crippen molar-refractivity contribution in [3.63, 3.8) is 0 Å². The fourth-order valence-electron chi connectivity index (χ4n) is 1.74. The number of ether oxygens (including phenoxy) is 4. The Kier molecular flexibility index (Phi) is 4.88. The lowest BCUT2D eigenvalue weighted by atomic mass is 10.00. The van der Waals surface area contributed by atoms with Crippen molar-refractivity contribution in [2.45, 2.75) is 30.8 Å². The highest BCUT2D eigenvalue weighted by molar-refractivity contribution is 4.90. The van der Waals surface area contributed by atoms with Gasteiger partial charge in [-0.15, -0.1) is 0 Å². The van der Waals surface area contributed by atoms with Crippen LogP contribution in [0.25, 0.3) is 0 Å². The van der Waals surface area contributed by atoms with Crippen molar-refractivity contribution in [1.29, 1.82) is 0 Å². The maximum absolute atomic E-state index is 13.5. The molecule has 0 unspecified atom stereocenters. The number of alkyl halides is 1. The zero-order chi connectivity index (χ0) is 11.4. The van der Waals surface area contributed by atoms with Gasteiger partial charge in [0.05, 0.1) is 6.61 Å². The molecule has 1 heterocycles. The van der Waals surface area contributed by atoms with E-state index >= 15 is 0 Å². The molecule has 15 heavy (non-hydrogen) atoms. The Hall–Kier alpha value is -0.270. The molecule has 1 saturated heterocycles. The highest BCUT2D eigenvalue weighted by Crippen LogP contribution is 2.26. The lowest BCUT2D eigenvalue weighted by Crippen LogP contribution is -2.58. The maximum Gasteiger partial charge on any atom is 0.189 e. The Morgan fingerprint density at radius 3 is 2.27 bits per heavy atom. The first kappa shape index (κ1) is 12.8. The van der Waals surface area contributed by atoms with Crippen LogP contribution < -0.4 is 0 Å². The number of aliphatic hydroxyl groups is 1. The van der Waals surface area contributed by atoms with Gasteiger partial charge in [0.2, 0.25) is 0 Å². The van der Waals surface area contributed by atoms with E-state index in [1.165, 1.54) is 21.3 Å². The van der Waals surface area contributed by atoms with Gasteiger partial charge < -0.3 is 24.1 Å². The first-order valence-electron chi connectivity index (χ1n) is 4.67. The predicted octanol–water partition coefficient (Wildman–Crippen LogP) is -0.282. The van der Waals surface area contributed by atoms with Crippen LogP contribution in [0.3, 0.4) is 0 Å². The van der Waals surface area contributed by atoms with E-state index in [1.54, 1.807) is 0 Å². The Bertz CT molecular complexity index is 191. The molecular formula is C9H17FO5. The van der Waals surface area contributed by atoms with Crippen molar-refractivity contribution in [2.75, 3.05) is 27.9 Å². The molecule has 90 valence electrons. The summed E-state index contributed by atoms with van der Waals surface area (Å²) >= 11 is 0. The molecule has 0 amide bonds. The van der Waals surface area contributed by atoms with E-state index in [9.17, 15) is 9.50 Å². The number of aliphatic hydroxyl groups excluding tert-OH is 1. The number of hydrogen-bond acceptors (Lipinski definition) is 5. The molecule has 6 heteroatoms. The summed E-state index contributed by atoms with van der Waals surface area (Å²) in [6, 6.07) is 0. The van der Waals surface area contributed by atoms with Crippen LogP contribution in [-0.4, -0.2) is 63.8 Å². The number of hydrogen-bond donors (Lipinski definition) is 1. The van der Waals surface area contributed by atoms with Crippen molar-refractivity contribution < 1.29 is 28.4 Å². The van der Waals surface area contributed by atoms with E-state index in [-0.39, 0.29) is 6.61 Å². The van der Waals surface area contributed by atoms with Gasteiger partial charge in [0.1, 0.15) is 18.3 Å². The molecule has 1 fully saturated rings. The molecule has 0 aromatic carbocycles. The van der Waals surface area contributed by atoms with Gasteiger partial charge >= 0.3 is 0 Å². The van der Waals surface area contributed by atoms with E-state index < -0.39 is 30.8 Å². The summed E-state index contributed by atoms with van der Waals surface area (Å²) in [5.74, 6) is 0. The van der Waals surface area contributed by atoms with Crippen LogP contribution >= 0.6 is 0 Å². The summed E-state index contributed by atoms with van der Waals surface area (Å²) in [6.45, 7) is 0.210. The SMILES string of the molecule is COC[C@H]1O[C@H](O)[C@H](F)[C@@H](OC)[C@H]1OC. The zero-order valence-electron chi connectivity index (χ0n) is 9.05. The van der Waals surface area contributed by atoms with Crippen LogP contribution in [0.5, 0.6) is 0 Å². The van der Waals surface area contributed by atoms with E-state index in [4.69, 9.17) is 18.9 Å². The van der Waals surface area contributed by atoms with Gasteiger partial charge in [-0.05, 0) is 0 Å². The summed E-state index contributed by atoms with van der Waals surface area (Å²) in [5.41, 5.74) is 0. The summed E-state index contributed by atoms with van der Waals surface area (Å²) in [4.78, 5) is 0. The fourth-order valence-corrected chi connectivity index (χ4v) is 1.74. The van der Waals surface area contributed by atoms with Crippen molar-refractivity contribution >= 4 is 0 Å². The number of halogens is 1. The molecule has 0 radical (unpaired) electrons. The quantitative estimate of drug-likeness (QED) is 0.711. The van der Waals surface area contributed by atoms with Crippen molar-refractivity contribution in [3.05, 3.63) is 0 Å². The molecule has 5 nitrogen and oxygen atoms in total. The molecular weight excluding hydrogens is 207 g/mol. The molecule has 0 bridgehead atoms. The van der Waals surface area contributed by atoms with Gasteiger partial charge in [0, 0.05) is 21.3 Å². The standard InChI is InChI=1S/C9H17FO5/c1-12-4-5-7(13-2)8(14-3)6(10)9(11)15-5/h5-9,11H,4H2,1-3H3/t5-,6-,7+,8-,9+/m1/s1. The zero-order valence-corrected chi connectivity index (χ0v) is 9.05. The van der Waals surface area contributed by atoms with Crippen molar-refractivity contribution in [3.8, 4) is 0 Å². The minimum absolute atomic E-state index is 0.210. The first-order valence-corrected chi connectivity index (χ1v) is 4.67. The van der Waals surface area contributed by atoms with Crippen LogP contribution in [0.1, 0.15) is 0 Å². The van der Waals surface area contributed by atoms with Gasteiger partial charge in [-0.3, -0.25) is 0 Å². The average molecular weight is 224 g/mol. The molecule has 0 aromatic heterocycles. The second-order valence-corrected chi connectivity index (χ2v) is 3.37. The van der Waals surface area contributed by atoms with Crippen LogP contribution in [0.15, 0.2) is 0 Å². The molecule has 1 N–H and O–H groups in total. The van der Waals surface area contributed by atoms with Gasteiger partial charge in [-0.25, -0.2) is 4.39 Å². The van der Waals surface area contributed by atoms with E-state index in [1.807, 2.05) is 0 Å². The first-order chi connectivity index (χ1) is 7.15. The van der Waals surface area contributed by atoms with Gasteiger partial charge in [-0.2, -0.15) is 0 Å². The van der Waals surface area contributed by atoms with Gasteiger partial charge in [0.25, 0.3) is 0 Å². The second-order valence-electron chi connectivity index (χ2n) is 3.37. The van der Waals surface area contributed by atoms with Crippen LogP contribution in [0.2, 0.25) is 0 Å². The lowest BCUT2D eigenvalue weighted by molar-refractivity contribution is -0.281. The van der Waals surface area contributed by atoms with Crippen molar-refractivity contribution in [2.24, 2.45) is 0 Å². The molecule has 1 rings (SSSR count). The summed E-state index contributed by atoms with van der Waals surface area (Å²) in [7, 11) is 4.30. The second kappa shape index (κ2) is 5.72. The average Bonchev–Trinajstić information content (AvgIpc) is 2.23. The third kappa shape index (κ3) is 2.64. The van der Waals surface area contributed by atoms with Crippen LogP contribution in [0.4, 0.5) is 4.39 Å². The van der Waals surface area contributed by atoms with Crippen LogP contribution in [-0.2, 0) is 18.9 Å². The largest absolute Gasteiger partial charge is 0.382 e. The predicted molar refractivity (Wildman–Crippen MR) is 49.2 cm³/mol. The number of rotatable bonds is 4. The lowest BCUT2D eigenvalue weighted by Gasteiger charge is -2.40. The summed E-state index contributed by atoms with van der Waals surface area (Å²) in [5, 5.41) is 9.30. The van der Waals surface area contributed by atoms with Crippen LogP contribution in [0, 0.1) is 0 Å². The van der Waals surface area contributed by atoms with E-state index in [0.717, 1.165) is 0 Å². The number of methoxy groups -OCH3 is 3. The minimum atomic E-state index is -1.62. The molecule has 0 aromatic rings. The highest BCUT2D eigenvalue weighted by Gasteiger charge is 2.46. The Morgan fingerprint density at radius 1 is 1.20 bits per heavy atom. The highest BCUT2D eigenvalue weighted by atomic mass is 19.1. The third-order valence-electron chi connectivity index (χ3n) is 2.47. The Labute approximate surface area is 88.1 Å². The monoisotopic (exact) mass is 224 g/mol. The summed E-state index contributed by atoms with van der Waals surface area (Å²) in [6.07, 6.45) is -5.09. The van der Waals surface area contributed by atoms with E-state index in [0.29, 0.717) is 0 Å². The fraction of sp³-hybridized carbons (Fsp3) is 1.00. The summed E-state index contributed by atoms with van der Waals surface area (Å²) < 4.78 is 33.4. The van der Waals surface area contributed by atoms with E-state index in [2.05, 4.69) is 0 Å². The molecule has 0 spiro atoms. The molecule has 0 aliphatic carbocycles.